The van der Waals surface area contributed by atoms with E-state index in [4.69, 9.17) is 5.73 Å². The largest absolute Gasteiger partial charge is 0.329 e. The fourth-order valence-corrected chi connectivity index (χ4v) is 2.08. The van der Waals surface area contributed by atoms with Gasteiger partial charge in [-0.1, -0.05) is 12.1 Å². The van der Waals surface area contributed by atoms with Crippen molar-refractivity contribution in [2.24, 2.45) is 5.73 Å². The number of hydrogen-bond donors (Lipinski definition) is 1. The standard InChI is InChI=1S/C14H24FN3/c1-17(2)8-5-9-18(3)14(11-16)12-6-4-7-13(15)10-12/h4,6-7,10,14H,5,8-9,11,16H2,1-3H3. The summed E-state index contributed by atoms with van der Waals surface area (Å²) in [6.45, 7) is 2.50. The van der Waals surface area contributed by atoms with Gasteiger partial charge in [0.1, 0.15) is 5.82 Å². The Morgan fingerprint density at radius 1 is 1.22 bits per heavy atom. The lowest BCUT2D eigenvalue weighted by Crippen LogP contribution is -2.32. The zero-order valence-electron chi connectivity index (χ0n) is 11.6. The highest BCUT2D eigenvalue weighted by Crippen LogP contribution is 2.19. The van der Waals surface area contributed by atoms with Gasteiger partial charge < -0.3 is 10.6 Å². The van der Waals surface area contributed by atoms with Gasteiger partial charge in [-0.05, 0) is 58.3 Å². The minimum atomic E-state index is -0.201. The number of nitrogens with zero attached hydrogens (tertiary/aromatic N) is 2. The molecule has 4 heteroatoms. The maximum atomic E-state index is 13.2. The van der Waals surface area contributed by atoms with Gasteiger partial charge in [0.2, 0.25) is 0 Å². The summed E-state index contributed by atoms with van der Waals surface area (Å²) >= 11 is 0. The molecule has 1 rings (SSSR count). The van der Waals surface area contributed by atoms with Gasteiger partial charge in [-0.3, -0.25) is 4.90 Å². The molecule has 0 aliphatic rings. The Morgan fingerprint density at radius 3 is 2.50 bits per heavy atom. The van der Waals surface area contributed by atoms with Crippen LogP contribution in [0.4, 0.5) is 4.39 Å². The summed E-state index contributed by atoms with van der Waals surface area (Å²) < 4.78 is 13.2. The van der Waals surface area contributed by atoms with Crippen molar-refractivity contribution in [3.8, 4) is 0 Å². The molecule has 0 radical (unpaired) electrons. The highest BCUT2D eigenvalue weighted by Gasteiger charge is 2.15. The van der Waals surface area contributed by atoms with Gasteiger partial charge in [-0.25, -0.2) is 4.39 Å². The van der Waals surface area contributed by atoms with E-state index >= 15 is 0 Å². The van der Waals surface area contributed by atoms with Gasteiger partial charge in [0.05, 0.1) is 0 Å². The number of hydrogen-bond acceptors (Lipinski definition) is 3. The van der Waals surface area contributed by atoms with Crippen LogP contribution in [0.15, 0.2) is 24.3 Å². The van der Waals surface area contributed by atoms with Crippen LogP contribution in [0.1, 0.15) is 18.0 Å². The average Bonchev–Trinajstić information content (AvgIpc) is 2.29. The first-order chi connectivity index (χ1) is 8.54. The third-order valence-corrected chi connectivity index (χ3v) is 3.10. The van der Waals surface area contributed by atoms with Gasteiger partial charge >= 0.3 is 0 Å². The summed E-state index contributed by atoms with van der Waals surface area (Å²) in [5.74, 6) is -0.201. The number of likely N-dealkylation sites (N-methyl/N-ethyl adjacent to an activating group) is 1. The van der Waals surface area contributed by atoms with E-state index in [2.05, 4.69) is 23.9 Å². The summed E-state index contributed by atoms with van der Waals surface area (Å²) in [5, 5.41) is 0. The van der Waals surface area contributed by atoms with Crippen LogP contribution in [-0.2, 0) is 0 Å². The second-order valence-electron chi connectivity index (χ2n) is 4.94. The van der Waals surface area contributed by atoms with Crippen molar-refractivity contribution in [2.75, 3.05) is 40.8 Å². The summed E-state index contributed by atoms with van der Waals surface area (Å²) in [6.07, 6.45) is 1.08. The predicted octanol–water partition coefficient (Wildman–Crippen LogP) is 1.71. The fourth-order valence-electron chi connectivity index (χ4n) is 2.08. The highest BCUT2D eigenvalue weighted by atomic mass is 19.1. The van der Waals surface area contributed by atoms with Gasteiger partial charge in [0.25, 0.3) is 0 Å². The minimum absolute atomic E-state index is 0.0860. The van der Waals surface area contributed by atoms with Crippen molar-refractivity contribution in [3.05, 3.63) is 35.6 Å². The van der Waals surface area contributed by atoms with Crippen LogP contribution in [0.25, 0.3) is 0 Å². The molecule has 0 aromatic heterocycles. The molecule has 1 atom stereocenters. The van der Waals surface area contributed by atoms with Gasteiger partial charge in [-0.15, -0.1) is 0 Å². The van der Waals surface area contributed by atoms with E-state index in [9.17, 15) is 4.39 Å². The summed E-state index contributed by atoms with van der Waals surface area (Å²) in [7, 11) is 6.16. The molecule has 18 heavy (non-hydrogen) atoms. The van der Waals surface area contributed by atoms with Crippen molar-refractivity contribution in [1.29, 1.82) is 0 Å². The number of rotatable bonds is 7. The zero-order chi connectivity index (χ0) is 13.5. The summed E-state index contributed by atoms with van der Waals surface area (Å²) in [5.41, 5.74) is 6.76. The van der Waals surface area contributed by atoms with Crippen molar-refractivity contribution >= 4 is 0 Å². The number of benzene rings is 1. The molecule has 0 aliphatic heterocycles. The molecule has 0 aliphatic carbocycles. The first kappa shape index (κ1) is 15.1. The molecule has 1 aromatic rings. The van der Waals surface area contributed by atoms with Crippen LogP contribution in [0.3, 0.4) is 0 Å². The quantitative estimate of drug-likeness (QED) is 0.803. The van der Waals surface area contributed by atoms with E-state index < -0.39 is 0 Å². The first-order valence-corrected chi connectivity index (χ1v) is 6.35. The van der Waals surface area contributed by atoms with E-state index in [1.165, 1.54) is 6.07 Å². The van der Waals surface area contributed by atoms with E-state index in [1.807, 2.05) is 13.1 Å². The Morgan fingerprint density at radius 2 is 1.94 bits per heavy atom. The Balaban J connectivity index is 2.59. The fraction of sp³-hybridized carbons (Fsp3) is 0.571. The maximum absolute atomic E-state index is 13.2. The van der Waals surface area contributed by atoms with Crippen LogP contribution < -0.4 is 5.73 Å². The Labute approximate surface area is 109 Å². The molecule has 1 unspecified atom stereocenters. The maximum Gasteiger partial charge on any atom is 0.123 e. The van der Waals surface area contributed by atoms with Crippen molar-refractivity contribution in [1.82, 2.24) is 9.80 Å². The van der Waals surface area contributed by atoms with Gasteiger partial charge in [0.15, 0.2) is 0 Å². The third-order valence-electron chi connectivity index (χ3n) is 3.10. The second kappa shape index (κ2) is 7.46. The van der Waals surface area contributed by atoms with Crippen molar-refractivity contribution in [2.45, 2.75) is 12.5 Å². The summed E-state index contributed by atoms with van der Waals surface area (Å²) in [6, 6.07) is 6.79. The minimum Gasteiger partial charge on any atom is -0.329 e. The van der Waals surface area contributed by atoms with Crippen LogP contribution in [0.2, 0.25) is 0 Å². The predicted molar refractivity (Wildman–Crippen MR) is 74.0 cm³/mol. The molecule has 0 spiro atoms. The molecule has 0 bridgehead atoms. The Hall–Kier alpha value is -0.970. The second-order valence-corrected chi connectivity index (χ2v) is 4.94. The molecule has 3 nitrogen and oxygen atoms in total. The van der Waals surface area contributed by atoms with E-state index in [0.29, 0.717) is 6.54 Å². The lowest BCUT2D eigenvalue weighted by molar-refractivity contribution is 0.235. The molecule has 0 heterocycles. The van der Waals surface area contributed by atoms with E-state index in [1.54, 1.807) is 12.1 Å². The normalized spacial score (nSPS) is 13.3. The monoisotopic (exact) mass is 253 g/mol. The lowest BCUT2D eigenvalue weighted by atomic mass is 10.1. The van der Waals surface area contributed by atoms with Gasteiger partial charge in [0, 0.05) is 12.6 Å². The van der Waals surface area contributed by atoms with Crippen LogP contribution in [0, 0.1) is 5.82 Å². The third kappa shape index (κ3) is 4.72. The lowest BCUT2D eigenvalue weighted by Gasteiger charge is -2.27. The Kier molecular flexibility index (Phi) is 6.25. The molecule has 0 saturated carbocycles. The summed E-state index contributed by atoms with van der Waals surface area (Å²) in [4.78, 5) is 4.35. The van der Waals surface area contributed by atoms with E-state index in [-0.39, 0.29) is 11.9 Å². The molecule has 0 fully saturated rings. The molecular formula is C14H24FN3. The van der Waals surface area contributed by atoms with Crippen molar-refractivity contribution in [3.63, 3.8) is 0 Å². The molecule has 102 valence electrons. The highest BCUT2D eigenvalue weighted by molar-refractivity contribution is 5.20. The zero-order valence-corrected chi connectivity index (χ0v) is 11.6. The SMILES string of the molecule is CN(C)CCCN(C)C(CN)c1cccc(F)c1. The van der Waals surface area contributed by atoms with Crippen LogP contribution in [-0.4, -0.2) is 50.6 Å². The molecular weight excluding hydrogens is 229 g/mol. The van der Waals surface area contributed by atoms with Gasteiger partial charge in [-0.2, -0.15) is 0 Å². The molecule has 1 aromatic carbocycles. The molecule has 0 saturated heterocycles. The van der Waals surface area contributed by atoms with E-state index in [0.717, 1.165) is 25.1 Å². The van der Waals surface area contributed by atoms with Crippen molar-refractivity contribution < 1.29 is 4.39 Å². The topological polar surface area (TPSA) is 32.5 Å². The first-order valence-electron chi connectivity index (χ1n) is 6.35. The molecule has 2 N–H and O–H groups in total. The Bertz CT molecular complexity index is 355. The average molecular weight is 253 g/mol. The smallest absolute Gasteiger partial charge is 0.123 e. The van der Waals surface area contributed by atoms with Crippen LogP contribution >= 0.6 is 0 Å². The molecule has 0 amide bonds. The number of nitrogens with two attached hydrogens (primary N) is 1. The van der Waals surface area contributed by atoms with Crippen LogP contribution in [0.5, 0.6) is 0 Å². The number of halogens is 1.